The first kappa shape index (κ1) is 14.2. The van der Waals surface area contributed by atoms with Gasteiger partial charge in [0.1, 0.15) is 5.56 Å². The molecule has 4 nitrogen and oxygen atoms in total. The highest BCUT2D eigenvalue weighted by atomic mass is 16.4. The Bertz CT molecular complexity index is 652. The Morgan fingerprint density at radius 2 is 1.80 bits per heavy atom. The molecule has 0 saturated heterocycles. The van der Waals surface area contributed by atoms with E-state index < -0.39 is 5.97 Å². The van der Waals surface area contributed by atoms with Crippen molar-refractivity contribution < 1.29 is 9.90 Å². The second-order valence-corrected chi connectivity index (χ2v) is 5.36. The second-order valence-electron chi connectivity index (χ2n) is 5.36. The normalized spacial score (nSPS) is 11.1. The molecule has 0 amide bonds. The number of benzene rings is 1. The van der Waals surface area contributed by atoms with Gasteiger partial charge in [0.25, 0.3) is 0 Å². The molecule has 0 radical (unpaired) electrons. The molecule has 0 aliphatic carbocycles. The Balaban J connectivity index is 2.58. The molecule has 1 aromatic carbocycles. The summed E-state index contributed by atoms with van der Waals surface area (Å²) in [6.07, 6.45) is 0. The van der Waals surface area contributed by atoms with Gasteiger partial charge in [-0.05, 0) is 18.4 Å². The van der Waals surface area contributed by atoms with Gasteiger partial charge in [0.05, 0.1) is 11.4 Å². The third-order valence-electron chi connectivity index (χ3n) is 3.79. The van der Waals surface area contributed by atoms with Gasteiger partial charge >= 0.3 is 5.97 Å². The smallest absolute Gasteiger partial charge is 0.339 e. The third kappa shape index (κ3) is 2.18. The van der Waals surface area contributed by atoms with Crippen LogP contribution in [0, 0.1) is 6.92 Å². The average Bonchev–Trinajstić information content (AvgIpc) is 2.60. The number of aromatic nitrogens is 1. The van der Waals surface area contributed by atoms with E-state index in [1.165, 1.54) is 5.56 Å². The average molecular weight is 272 g/mol. The van der Waals surface area contributed by atoms with Crippen LogP contribution in [0.2, 0.25) is 0 Å². The van der Waals surface area contributed by atoms with E-state index in [2.05, 4.69) is 26.0 Å². The maximum Gasteiger partial charge on any atom is 0.339 e. The molecule has 20 heavy (non-hydrogen) atoms. The monoisotopic (exact) mass is 272 g/mol. The van der Waals surface area contributed by atoms with Gasteiger partial charge < -0.3 is 15.4 Å². The van der Waals surface area contributed by atoms with E-state index in [9.17, 15) is 9.90 Å². The van der Waals surface area contributed by atoms with Crippen LogP contribution in [0.3, 0.4) is 0 Å². The number of anilines is 1. The van der Waals surface area contributed by atoms with E-state index in [1.807, 2.05) is 23.7 Å². The van der Waals surface area contributed by atoms with Gasteiger partial charge in [-0.25, -0.2) is 4.79 Å². The molecule has 4 heteroatoms. The number of nitrogens with two attached hydrogens (primary N) is 1. The number of rotatable bonds is 3. The van der Waals surface area contributed by atoms with Gasteiger partial charge in [0.15, 0.2) is 0 Å². The SMILES string of the molecule is Cc1c(C(=O)O)c(N)c(-c2ccc(C(C)C)cc2)n1C. The Labute approximate surface area is 118 Å². The zero-order valence-electron chi connectivity index (χ0n) is 12.3. The minimum Gasteiger partial charge on any atom is -0.478 e. The predicted molar refractivity (Wildman–Crippen MR) is 81.0 cm³/mol. The summed E-state index contributed by atoms with van der Waals surface area (Å²) in [6.45, 7) is 6.04. The highest BCUT2D eigenvalue weighted by Gasteiger charge is 2.22. The molecule has 2 aromatic rings. The Morgan fingerprint density at radius 1 is 1.25 bits per heavy atom. The maximum atomic E-state index is 11.3. The van der Waals surface area contributed by atoms with Crippen LogP contribution in [0.25, 0.3) is 11.3 Å². The fourth-order valence-corrected chi connectivity index (χ4v) is 2.47. The zero-order chi connectivity index (χ0) is 15.0. The number of carboxylic acids is 1. The van der Waals surface area contributed by atoms with Crippen molar-refractivity contribution in [3.63, 3.8) is 0 Å². The number of hydrogen-bond donors (Lipinski definition) is 2. The van der Waals surface area contributed by atoms with Crippen LogP contribution in [-0.4, -0.2) is 15.6 Å². The van der Waals surface area contributed by atoms with E-state index in [-0.39, 0.29) is 5.56 Å². The van der Waals surface area contributed by atoms with E-state index in [0.717, 1.165) is 11.3 Å². The van der Waals surface area contributed by atoms with Crippen LogP contribution in [0.5, 0.6) is 0 Å². The first-order valence-corrected chi connectivity index (χ1v) is 6.63. The molecule has 2 rings (SSSR count). The molecular weight excluding hydrogens is 252 g/mol. The predicted octanol–water partition coefficient (Wildman–Crippen LogP) is 3.40. The molecule has 0 atom stereocenters. The summed E-state index contributed by atoms with van der Waals surface area (Å²) in [5.41, 5.74) is 10.2. The lowest BCUT2D eigenvalue weighted by Gasteiger charge is -2.09. The largest absolute Gasteiger partial charge is 0.478 e. The van der Waals surface area contributed by atoms with E-state index in [1.54, 1.807) is 6.92 Å². The standard InChI is InChI=1S/C16H20N2O2/c1-9(2)11-5-7-12(8-6-11)15-14(17)13(16(19)20)10(3)18(15)4/h5-9H,17H2,1-4H3,(H,19,20). The number of hydrogen-bond acceptors (Lipinski definition) is 2. The molecule has 0 saturated carbocycles. The van der Waals surface area contributed by atoms with E-state index in [4.69, 9.17) is 5.73 Å². The highest BCUT2D eigenvalue weighted by Crippen LogP contribution is 2.33. The summed E-state index contributed by atoms with van der Waals surface area (Å²) in [5.74, 6) is -0.522. The molecule has 3 N–H and O–H groups in total. The second kappa shape index (κ2) is 5.04. The van der Waals surface area contributed by atoms with E-state index in [0.29, 0.717) is 17.3 Å². The van der Waals surface area contributed by atoms with Crippen LogP contribution >= 0.6 is 0 Å². The molecule has 1 heterocycles. The summed E-state index contributed by atoms with van der Waals surface area (Å²) in [7, 11) is 1.84. The Morgan fingerprint density at radius 3 is 2.20 bits per heavy atom. The van der Waals surface area contributed by atoms with Crippen molar-refractivity contribution in [1.29, 1.82) is 0 Å². The summed E-state index contributed by atoms with van der Waals surface area (Å²) in [6, 6.07) is 8.10. The van der Waals surface area contributed by atoms with Crippen LogP contribution in [0.1, 0.15) is 41.4 Å². The number of carboxylic acid groups (broad SMARTS) is 1. The fraction of sp³-hybridized carbons (Fsp3) is 0.312. The number of carbonyl (C=O) groups is 1. The molecule has 0 spiro atoms. The Hall–Kier alpha value is -2.23. The van der Waals surface area contributed by atoms with Crippen molar-refractivity contribution in [3.8, 4) is 11.3 Å². The minimum atomic E-state index is -0.986. The molecule has 0 aliphatic rings. The molecule has 0 aliphatic heterocycles. The number of nitrogens with zero attached hydrogens (tertiary/aromatic N) is 1. The summed E-state index contributed by atoms with van der Waals surface area (Å²) in [5, 5.41) is 9.25. The topological polar surface area (TPSA) is 68.2 Å². The molecule has 0 fully saturated rings. The number of nitrogen functional groups attached to an aromatic ring is 1. The van der Waals surface area contributed by atoms with E-state index >= 15 is 0 Å². The molecule has 0 bridgehead atoms. The van der Waals surface area contributed by atoms with Gasteiger partial charge in [0.2, 0.25) is 0 Å². The van der Waals surface area contributed by atoms with Crippen molar-refractivity contribution in [1.82, 2.24) is 4.57 Å². The van der Waals surface area contributed by atoms with Gasteiger partial charge in [-0.3, -0.25) is 0 Å². The third-order valence-corrected chi connectivity index (χ3v) is 3.79. The fourth-order valence-electron chi connectivity index (χ4n) is 2.47. The zero-order valence-corrected chi connectivity index (χ0v) is 12.3. The van der Waals surface area contributed by atoms with Crippen LogP contribution in [0.15, 0.2) is 24.3 Å². The van der Waals surface area contributed by atoms with Crippen LogP contribution in [-0.2, 0) is 7.05 Å². The first-order chi connectivity index (χ1) is 9.34. The first-order valence-electron chi connectivity index (χ1n) is 6.63. The van der Waals surface area contributed by atoms with Gasteiger partial charge in [-0.1, -0.05) is 38.1 Å². The van der Waals surface area contributed by atoms with Crippen molar-refractivity contribution in [3.05, 3.63) is 41.1 Å². The lowest BCUT2D eigenvalue weighted by molar-refractivity contribution is 0.0697. The van der Waals surface area contributed by atoms with Gasteiger partial charge in [-0.15, -0.1) is 0 Å². The van der Waals surface area contributed by atoms with Crippen molar-refractivity contribution in [2.45, 2.75) is 26.7 Å². The molecular formula is C16H20N2O2. The molecule has 1 aromatic heterocycles. The van der Waals surface area contributed by atoms with Gasteiger partial charge in [0, 0.05) is 18.3 Å². The molecule has 0 unspecified atom stereocenters. The quantitative estimate of drug-likeness (QED) is 0.899. The minimum absolute atomic E-state index is 0.190. The highest BCUT2D eigenvalue weighted by molar-refractivity contribution is 5.99. The van der Waals surface area contributed by atoms with Crippen molar-refractivity contribution in [2.75, 3.05) is 5.73 Å². The summed E-state index contributed by atoms with van der Waals surface area (Å²) < 4.78 is 1.84. The van der Waals surface area contributed by atoms with Crippen molar-refractivity contribution in [2.24, 2.45) is 7.05 Å². The number of aromatic carboxylic acids is 1. The molecule has 106 valence electrons. The van der Waals surface area contributed by atoms with Crippen molar-refractivity contribution >= 4 is 11.7 Å². The lowest BCUT2D eigenvalue weighted by atomic mass is 10.0. The summed E-state index contributed by atoms with van der Waals surface area (Å²) in [4.78, 5) is 11.3. The van der Waals surface area contributed by atoms with Crippen LogP contribution < -0.4 is 5.73 Å². The maximum absolute atomic E-state index is 11.3. The van der Waals surface area contributed by atoms with Gasteiger partial charge in [-0.2, -0.15) is 0 Å². The lowest BCUT2D eigenvalue weighted by Crippen LogP contribution is -2.01. The summed E-state index contributed by atoms with van der Waals surface area (Å²) >= 11 is 0. The van der Waals surface area contributed by atoms with Crippen LogP contribution in [0.4, 0.5) is 5.69 Å². The Kier molecular flexibility index (Phi) is 3.57.